The number of hydrogen-bond donors (Lipinski definition) is 1. The van der Waals surface area contributed by atoms with Gasteiger partial charge in [-0.1, -0.05) is 30.3 Å². The van der Waals surface area contributed by atoms with Gasteiger partial charge in [-0.3, -0.25) is 0 Å². The molecule has 0 saturated carbocycles. The summed E-state index contributed by atoms with van der Waals surface area (Å²) in [5.41, 5.74) is 7.94. The van der Waals surface area contributed by atoms with Crippen LogP contribution in [-0.2, 0) is 0 Å². The molecule has 0 heterocycles. The summed E-state index contributed by atoms with van der Waals surface area (Å²) in [6.45, 7) is 5.59. The van der Waals surface area contributed by atoms with Crippen LogP contribution in [0.5, 0.6) is 0 Å². The Bertz CT molecular complexity index is 292. The van der Waals surface area contributed by atoms with Gasteiger partial charge in [0, 0.05) is 11.3 Å². The van der Waals surface area contributed by atoms with Crippen molar-refractivity contribution in [2.24, 2.45) is 5.73 Å². The summed E-state index contributed by atoms with van der Waals surface area (Å²) in [6.07, 6.45) is 0. The molecule has 11 heavy (non-hydrogen) atoms. The van der Waals surface area contributed by atoms with Crippen molar-refractivity contribution < 1.29 is 0 Å². The van der Waals surface area contributed by atoms with E-state index in [0.717, 1.165) is 11.1 Å². The zero-order valence-electron chi connectivity index (χ0n) is 6.39. The SMILES string of the molecule is C=C(N)c1ccc(C)cc1Cl. The van der Waals surface area contributed by atoms with E-state index in [4.69, 9.17) is 17.3 Å². The van der Waals surface area contributed by atoms with Gasteiger partial charge in [0.25, 0.3) is 0 Å². The summed E-state index contributed by atoms with van der Waals surface area (Å²) < 4.78 is 0. The Morgan fingerprint density at radius 1 is 1.55 bits per heavy atom. The van der Waals surface area contributed by atoms with Crippen LogP contribution in [0.2, 0.25) is 5.02 Å². The lowest BCUT2D eigenvalue weighted by molar-refractivity contribution is 1.43. The maximum atomic E-state index is 5.88. The summed E-state index contributed by atoms with van der Waals surface area (Å²) in [4.78, 5) is 0. The number of benzene rings is 1. The van der Waals surface area contributed by atoms with Crippen LogP contribution in [0.1, 0.15) is 11.1 Å². The van der Waals surface area contributed by atoms with Crippen molar-refractivity contribution in [1.82, 2.24) is 0 Å². The number of halogens is 1. The zero-order chi connectivity index (χ0) is 8.43. The molecule has 0 aromatic heterocycles. The van der Waals surface area contributed by atoms with Crippen LogP contribution in [0.4, 0.5) is 0 Å². The Kier molecular flexibility index (Phi) is 2.20. The highest BCUT2D eigenvalue weighted by Crippen LogP contribution is 2.20. The minimum atomic E-state index is 0.509. The van der Waals surface area contributed by atoms with Crippen molar-refractivity contribution in [2.45, 2.75) is 6.92 Å². The van der Waals surface area contributed by atoms with Gasteiger partial charge in [0.2, 0.25) is 0 Å². The first kappa shape index (κ1) is 8.15. The van der Waals surface area contributed by atoms with E-state index in [1.807, 2.05) is 25.1 Å². The molecule has 0 saturated heterocycles. The Morgan fingerprint density at radius 2 is 2.18 bits per heavy atom. The van der Waals surface area contributed by atoms with E-state index in [9.17, 15) is 0 Å². The summed E-state index contributed by atoms with van der Waals surface area (Å²) in [7, 11) is 0. The van der Waals surface area contributed by atoms with Crippen molar-refractivity contribution in [1.29, 1.82) is 0 Å². The van der Waals surface area contributed by atoms with Crippen LogP contribution in [0.3, 0.4) is 0 Å². The van der Waals surface area contributed by atoms with Gasteiger partial charge in [-0.25, -0.2) is 0 Å². The minimum Gasteiger partial charge on any atom is -0.399 e. The molecule has 0 fully saturated rings. The van der Waals surface area contributed by atoms with Crippen LogP contribution in [-0.4, -0.2) is 0 Å². The third kappa shape index (κ3) is 1.75. The second-order valence-corrected chi connectivity index (χ2v) is 2.92. The molecular formula is C9H10ClN. The average molecular weight is 168 g/mol. The quantitative estimate of drug-likeness (QED) is 0.684. The van der Waals surface area contributed by atoms with Crippen LogP contribution in [0.25, 0.3) is 5.70 Å². The van der Waals surface area contributed by atoms with Crippen molar-refractivity contribution >= 4 is 17.3 Å². The van der Waals surface area contributed by atoms with Gasteiger partial charge < -0.3 is 5.73 Å². The molecule has 0 aliphatic rings. The average Bonchev–Trinajstić information content (AvgIpc) is 1.85. The van der Waals surface area contributed by atoms with Gasteiger partial charge >= 0.3 is 0 Å². The van der Waals surface area contributed by atoms with Crippen LogP contribution in [0.15, 0.2) is 24.8 Å². The van der Waals surface area contributed by atoms with Crippen LogP contribution >= 0.6 is 11.6 Å². The van der Waals surface area contributed by atoms with Gasteiger partial charge in [0.05, 0.1) is 5.02 Å². The summed E-state index contributed by atoms with van der Waals surface area (Å²) in [5, 5.41) is 0.664. The number of hydrogen-bond acceptors (Lipinski definition) is 1. The van der Waals surface area contributed by atoms with Crippen LogP contribution < -0.4 is 5.73 Å². The second kappa shape index (κ2) is 2.97. The van der Waals surface area contributed by atoms with Crippen molar-refractivity contribution in [3.05, 3.63) is 40.9 Å². The first-order chi connectivity index (χ1) is 5.11. The Morgan fingerprint density at radius 3 is 2.64 bits per heavy atom. The summed E-state index contributed by atoms with van der Waals surface area (Å²) in [6, 6.07) is 5.70. The largest absolute Gasteiger partial charge is 0.399 e. The highest BCUT2D eigenvalue weighted by atomic mass is 35.5. The van der Waals surface area contributed by atoms with E-state index in [1.54, 1.807) is 0 Å². The molecule has 0 aliphatic carbocycles. The molecule has 1 aromatic carbocycles. The Hall–Kier alpha value is -0.950. The van der Waals surface area contributed by atoms with Gasteiger partial charge in [0.15, 0.2) is 0 Å². The summed E-state index contributed by atoms with van der Waals surface area (Å²) >= 11 is 5.88. The van der Waals surface area contributed by atoms with E-state index >= 15 is 0 Å². The molecule has 1 nitrogen and oxygen atoms in total. The highest BCUT2D eigenvalue weighted by Gasteiger charge is 1.99. The third-order valence-electron chi connectivity index (χ3n) is 1.47. The first-order valence-corrected chi connectivity index (χ1v) is 3.70. The fourth-order valence-electron chi connectivity index (χ4n) is 0.881. The Balaban J connectivity index is 3.20. The third-order valence-corrected chi connectivity index (χ3v) is 1.78. The molecule has 58 valence electrons. The van der Waals surface area contributed by atoms with Crippen molar-refractivity contribution in [3.8, 4) is 0 Å². The second-order valence-electron chi connectivity index (χ2n) is 2.51. The fraction of sp³-hybridized carbons (Fsp3) is 0.111. The predicted molar refractivity (Wildman–Crippen MR) is 49.4 cm³/mol. The lowest BCUT2D eigenvalue weighted by Gasteiger charge is -2.02. The maximum Gasteiger partial charge on any atom is 0.0501 e. The lowest BCUT2D eigenvalue weighted by Crippen LogP contribution is -1.94. The molecule has 0 radical (unpaired) electrons. The maximum absolute atomic E-state index is 5.88. The standard InChI is InChI=1S/C9H10ClN/c1-6-3-4-8(7(2)11)9(10)5-6/h3-5H,2,11H2,1H3. The molecule has 0 atom stereocenters. The van der Waals surface area contributed by atoms with E-state index in [-0.39, 0.29) is 0 Å². The molecule has 0 unspecified atom stereocenters. The normalized spacial score (nSPS) is 9.64. The predicted octanol–water partition coefficient (Wildman–Crippen LogP) is 2.58. The van der Waals surface area contributed by atoms with E-state index < -0.39 is 0 Å². The summed E-state index contributed by atoms with van der Waals surface area (Å²) in [5.74, 6) is 0. The first-order valence-electron chi connectivity index (χ1n) is 3.32. The minimum absolute atomic E-state index is 0.509. The zero-order valence-corrected chi connectivity index (χ0v) is 7.15. The van der Waals surface area contributed by atoms with E-state index in [0.29, 0.717) is 10.7 Å². The molecule has 2 N–H and O–H groups in total. The van der Waals surface area contributed by atoms with Gasteiger partial charge in [0.1, 0.15) is 0 Å². The monoisotopic (exact) mass is 167 g/mol. The van der Waals surface area contributed by atoms with Crippen molar-refractivity contribution in [2.75, 3.05) is 0 Å². The van der Waals surface area contributed by atoms with Gasteiger partial charge in [-0.2, -0.15) is 0 Å². The number of rotatable bonds is 1. The van der Waals surface area contributed by atoms with Gasteiger partial charge in [-0.05, 0) is 18.6 Å². The number of aryl methyl sites for hydroxylation is 1. The molecule has 1 rings (SSSR count). The molecule has 2 heteroatoms. The molecule has 0 bridgehead atoms. The topological polar surface area (TPSA) is 26.0 Å². The van der Waals surface area contributed by atoms with Crippen molar-refractivity contribution in [3.63, 3.8) is 0 Å². The van der Waals surface area contributed by atoms with Gasteiger partial charge in [-0.15, -0.1) is 0 Å². The molecule has 0 spiro atoms. The number of nitrogens with two attached hydrogens (primary N) is 1. The Labute approximate surface area is 71.5 Å². The van der Waals surface area contributed by atoms with Crippen LogP contribution in [0, 0.1) is 6.92 Å². The van der Waals surface area contributed by atoms with E-state index in [1.165, 1.54) is 0 Å². The molecule has 0 amide bonds. The molecule has 1 aromatic rings. The highest BCUT2D eigenvalue weighted by molar-refractivity contribution is 6.32. The molecular weight excluding hydrogens is 158 g/mol. The molecule has 0 aliphatic heterocycles. The van der Waals surface area contributed by atoms with E-state index in [2.05, 4.69) is 6.58 Å². The lowest BCUT2D eigenvalue weighted by atomic mass is 10.1. The smallest absolute Gasteiger partial charge is 0.0501 e. The fourth-order valence-corrected chi connectivity index (χ4v) is 1.24.